The fourth-order valence-corrected chi connectivity index (χ4v) is 8.90. The van der Waals surface area contributed by atoms with Crippen molar-refractivity contribution >= 4 is 33.8 Å². The zero-order valence-electron chi connectivity index (χ0n) is 33.0. The molecule has 1 heterocycles. The van der Waals surface area contributed by atoms with E-state index in [1.54, 1.807) is 13.8 Å². The number of ether oxygens (including phenoxy) is 1. The highest BCUT2D eigenvalue weighted by molar-refractivity contribution is 7.90. The molecule has 4 aromatic carbocycles. The van der Waals surface area contributed by atoms with Crippen molar-refractivity contribution in [3.05, 3.63) is 130 Å². The Morgan fingerprint density at radius 2 is 1.39 bits per heavy atom. The minimum atomic E-state index is -4.09. The van der Waals surface area contributed by atoms with Gasteiger partial charge in [-0.1, -0.05) is 91.0 Å². The number of carboxylic acids is 1. The predicted octanol–water partition coefficient (Wildman–Crippen LogP) is 4.48. The second-order valence-corrected chi connectivity index (χ2v) is 16.6. The minimum Gasteiger partial charge on any atom is -0.487 e. The molecule has 302 valence electrons. The van der Waals surface area contributed by atoms with Gasteiger partial charge < -0.3 is 31.9 Å². The Bertz CT molecular complexity index is 2130. The van der Waals surface area contributed by atoms with Crippen LogP contribution in [0.25, 0.3) is 0 Å². The Balaban J connectivity index is 1.18. The third-order valence-corrected chi connectivity index (χ3v) is 11.9. The molecule has 13 nitrogen and oxygen atoms in total. The third kappa shape index (κ3) is 9.63. The first kappa shape index (κ1) is 42.4. The van der Waals surface area contributed by atoms with E-state index in [2.05, 4.69) is 20.3 Å². The number of sulfonamides is 1. The minimum absolute atomic E-state index is 0.0487. The summed E-state index contributed by atoms with van der Waals surface area (Å²) >= 11 is 0. The normalized spacial score (nSPS) is 14.8. The van der Waals surface area contributed by atoms with Gasteiger partial charge in [-0.15, -0.1) is 0 Å². The Hall–Kier alpha value is -5.73. The molecule has 0 radical (unpaired) electrons. The smallest absolute Gasteiger partial charge is 0.326 e. The highest BCUT2D eigenvalue weighted by atomic mass is 32.2. The molecule has 1 aliphatic rings. The summed E-state index contributed by atoms with van der Waals surface area (Å²) in [5, 5.41) is 15.6. The van der Waals surface area contributed by atoms with Gasteiger partial charge in [0.1, 0.15) is 22.9 Å². The molecule has 0 saturated heterocycles. The van der Waals surface area contributed by atoms with Crippen LogP contribution in [0.15, 0.2) is 101 Å². The van der Waals surface area contributed by atoms with Gasteiger partial charge >= 0.3 is 5.97 Å². The Morgan fingerprint density at radius 3 is 1.89 bits per heavy atom. The maximum Gasteiger partial charge on any atom is 0.326 e. The average molecular weight is 797 g/mol. The Labute approximate surface area is 334 Å². The van der Waals surface area contributed by atoms with Gasteiger partial charge in [0.25, 0.3) is 10.0 Å². The number of hydrogen-bond acceptors (Lipinski definition) is 8. The summed E-state index contributed by atoms with van der Waals surface area (Å²) in [5.74, 6) is -2.05. The summed E-state index contributed by atoms with van der Waals surface area (Å²) in [5.41, 5.74) is 15.7. The molecular formula is C43H52N6O7S. The van der Waals surface area contributed by atoms with Crippen molar-refractivity contribution in [2.75, 3.05) is 6.54 Å². The number of nitrogens with one attached hydrogen (secondary N) is 3. The molecule has 0 unspecified atom stereocenters. The van der Waals surface area contributed by atoms with E-state index >= 15 is 0 Å². The molecule has 4 aromatic rings. The molecule has 0 spiro atoms. The van der Waals surface area contributed by atoms with Crippen LogP contribution in [0.2, 0.25) is 0 Å². The van der Waals surface area contributed by atoms with Crippen LogP contribution >= 0.6 is 0 Å². The maximum atomic E-state index is 13.7. The molecule has 0 saturated carbocycles. The van der Waals surface area contributed by atoms with Gasteiger partial charge in [-0.2, -0.15) is 0 Å². The summed E-state index contributed by atoms with van der Waals surface area (Å²) in [7, 11) is -4.09. The number of carbonyl (C=O) groups excluding carboxylic acids is 2. The second-order valence-electron chi connectivity index (χ2n) is 15.0. The molecule has 5 rings (SSSR count). The number of benzene rings is 4. The standard InChI is InChI=1S/C43H52N6O7S/c1-27-28(2)38(29(3)33-26-42(4,5)56-37(27)33)57(54,55)49-41(45)46-25-15-22-34(44)39(51)47-35(40(52)53)23-24-36(50)48-43(30-16-9-6-10-17-30,31-18-11-7-12-19-31)32-20-13-8-14-21-32/h6-14,16-21,34-35H,15,22-26,44H2,1-5H3,(H,47,51)(H,48,50)(H,52,53)(H3,45,46,49)/t34-,35-/m0/s1. The van der Waals surface area contributed by atoms with Gasteiger partial charge in [0, 0.05) is 24.9 Å². The van der Waals surface area contributed by atoms with Crippen LogP contribution in [0.4, 0.5) is 0 Å². The van der Waals surface area contributed by atoms with E-state index in [4.69, 9.17) is 16.2 Å². The molecule has 0 aliphatic carbocycles. The van der Waals surface area contributed by atoms with Crippen molar-refractivity contribution in [3.63, 3.8) is 0 Å². The molecular weight excluding hydrogens is 745 g/mol. The molecule has 0 fully saturated rings. The predicted molar refractivity (Wildman–Crippen MR) is 219 cm³/mol. The topological polar surface area (TPSA) is 215 Å². The van der Waals surface area contributed by atoms with E-state index in [1.165, 1.54) is 0 Å². The van der Waals surface area contributed by atoms with E-state index in [-0.39, 0.29) is 43.1 Å². The monoisotopic (exact) mass is 796 g/mol. The number of amides is 2. The number of nitrogens with zero attached hydrogens (tertiary/aromatic N) is 1. The summed E-state index contributed by atoms with van der Waals surface area (Å²) in [6.45, 7) is 9.26. The van der Waals surface area contributed by atoms with Crippen LogP contribution in [-0.4, -0.2) is 61.5 Å². The van der Waals surface area contributed by atoms with Crippen molar-refractivity contribution < 1.29 is 32.6 Å². The maximum absolute atomic E-state index is 13.7. The summed E-state index contributed by atoms with van der Waals surface area (Å²) in [6, 6.07) is 26.1. The first-order valence-electron chi connectivity index (χ1n) is 18.9. The SMILES string of the molecule is Cc1c(C)c(S(=O)(=O)NC(N)=NCCC[C@H](N)C(=O)N[C@@H](CCC(=O)NC(c2ccccc2)(c2ccccc2)c2ccccc2)C(=O)O)c(C)c2c1OC(C)(C)C2. The lowest BCUT2D eigenvalue weighted by atomic mass is 9.77. The lowest BCUT2D eigenvalue weighted by Crippen LogP contribution is -2.50. The number of fused-ring (bicyclic) bond motifs is 1. The lowest BCUT2D eigenvalue weighted by molar-refractivity contribution is -0.142. The number of carbonyl (C=O) groups is 3. The van der Waals surface area contributed by atoms with Gasteiger partial charge in [0.15, 0.2) is 0 Å². The van der Waals surface area contributed by atoms with Crippen LogP contribution in [-0.2, 0) is 36.4 Å². The van der Waals surface area contributed by atoms with Crippen LogP contribution in [0, 0.1) is 20.8 Å². The third-order valence-electron chi connectivity index (χ3n) is 10.3. The highest BCUT2D eigenvalue weighted by Gasteiger charge is 2.39. The van der Waals surface area contributed by atoms with Crippen LogP contribution in [0.5, 0.6) is 5.75 Å². The summed E-state index contributed by atoms with van der Waals surface area (Å²) < 4.78 is 35.4. The number of aliphatic carboxylic acids is 1. The molecule has 2 atom stereocenters. The van der Waals surface area contributed by atoms with Crippen molar-refractivity contribution in [2.45, 2.75) is 94.8 Å². The van der Waals surface area contributed by atoms with E-state index in [1.807, 2.05) is 112 Å². The van der Waals surface area contributed by atoms with Gasteiger partial charge in [-0.05, 0) is 87.3 Å². The second kappa shape index (κ2) is 17.6. The van der Waals surface area contributed by atoms with E-state index in [0.29, 0.717) is 23.3 Å². The number of aliphatic imine (C=N–C) groups is 1. The van der Waals surface area contributed by atoms with Gasteiger partial charge in [-0.25, -0.2) is 17.9 Å². The van der Waals surface area contributed by atoms with E-state index in [0.717, 1.165) is 27.8 Å². The molecule has 8 N–H and O–H groups in total. The first-order chi connectivity index (χ1) is 27.0. The highest BCUT2D eigenvalue weighted by Crippen LogP contribution is 2.44. The molecule has 2 amide bonds. The average Bonchev–Trinajstić information content (AvgIpc) is 3.52. The van der Waals surface area contributed by atoms with Crippen molar-refractivity contribution in [2.24, 2.45) is 16.5 Å². The Kier molecular flexibility index (Phi) is 13.1. The molecule has 0 aromatic heterocycles. The molecule has 14 heteroatoms. The van der Waals surface area contributed by atoms with Crippen LogP contribution < -0.4 is 31.6 Å². The number of hydrogen-bond donors (Lipinski definition) is 6. The molecule has 0 bridgehead atoms. The zero-order chi connectivity index (χ0) is 41.5. The van der Waals surface area contributed by atoms with Crippen molar-refractivity contribution in [1.82, 2.24) is 15.4 Å². The number of nitrogens with two attached hydrogens (primary N) is 2. The van der Waals surface area contributed by atoms with Crippen LogP contribution in [0.3, 0.4) is 0 Å². The fraction of sp³-hybridized carbons (Fsp3) is 0.349. The van der Waals surface area contributed by atoms with Crippen LogP contribution in [0.1, 0.15) is 78.5 Å². The number of carboxylic acid groups (broad SMARTS) is 1. The number of rotatable bonds is 16. The van der Waals surface area contributed by atoms with Gasteiger partial charge in [-0.3, -0.25) is 14.6 Å². The van der Waals surface area contributed by atoms with E-state index < -0.39 is 51.0 Å². The zero-order valence-corrected chi connectivity index (χ0v) is 33.8. The van der Waals surface area contributed by atoms with E-state index in [9.17, 15) is 27.9 Å². The van der Waals surface area contributed by atoms with Crippen molar-refractivity contribution in [1.29, 1.82) is 0 Å². The molecule has 57 heavy (non-hydrogen) atoms. The lowest BCUT2D eigenvalue weighted by Gasteiger charge is -2.37. The first-order valence-corrected chi connectivity index (χ1v) is 20.4. The quantitative estimate of drug-likeness (QED) is 0.0407. The molecule has 1 aliphatic heterocycles. The van der Waals surface area contributed by atoms with Crippen molar-refractivity contribution in [3.8, 4) is 5.75 Å². The van der Waals surface area contributed by atoms with Gasteiger partial charge in [0.05, 0.1) is 10.9 Å². The van der Waals surface area contributed by atoms with Gasteiger partial charge in [0.2, 0.25) is 17.8 Å². The largest absolute Gasteiger partial charge is 0.487 e. The summed E-state index contributed by atoms with van der Waals surface area (Å²) in [4.78, 5) is 43.2. The fourth-order valence-electron chi connectivity index (χ4n) is 7.37. The Morgan fingerprint density at radius 1 is 0.860 bits per heavy atom. The number of guanidine groups is 1. The summed E-state index contributed by atoms with van der Waals surface area (Å²) in [6.07, 6.45) is 0.522.